The van der Waals surface area contributed by atoms with Crippen LogP contribution >= 0.6 is 35.0 Å². The highest BCUT2D eigenvalue weighted by molar-refractivity contribution is 7.99. The summed E-state index contributed by atoms with van der Waals surface area (Å²) in [6.07, 6.45) is 0.802. The number of amides is 1. The second-order valence-electron chi connectivity index (χ2n) is 6.38. The highest BCUT2D eigenvalue weighted by Gasteiger charge is 2.14. The number of halogens is 2. The SMILES string of the molecule is CCn1c(COc2cc(Cl)ccc2Cl)nnc1SCC(=O)NCCc1ccccc1. The second kappa shape index (κ2) is 11.2. The van der Waals surface area contributed by atoms with Gasteiger partial charge in [-0.1, -0.05) is 65.3 Å². The lowest BCUT2D eigenvalue weighted by molar-refractivity contribution is -0.118. The number of ether oxygens (including phenoxy) is 1. The molecule has 0 saturated heterocycles. The van der Waals surface area contributed by atoms with E-state index in [0.717, 1.165) is 6.42 Å². The predicted octanol–water partition coefficient (Wildman–Crippen LogP) is 4.63. The van der Waals surface area contributed by atoms with Crippen molar-refractivity contribution in [3.05, 3.63) is 70.0 Å². The first-order chi connectivity index (χ1) is 14.6. The highest BCUT2D eigenvalue weighted by atomic mass is 35.5. The summed E-state index contributed by atoms with van der Waals surface area (Å²) in [6.45, 7) is 3.45. The molecule has 1 N–H and O–H groups in total. The topological polar surface area (TPSA) is 69.0 Å². The van der Waals surface area contributed by atoms with Crippen LogP contribution in [0.3, 0.4) is 0 Å². The van der Waals surface area contributed by atoms with Crippen LogP contribution in [0, 0.1) is 0 Å². The standard InChI is InChI=1S/C21H22Cl2N4O2S/c1-2-27-19(13-29-18-12-16(22)8-9-17(18)23)25-26-21(27)30-14-20(28)24-11-10-15-6-4-3-5-7-15/h3-9,12H,2,10-11,13-14H2,1H3,(H,24,28). The number of carbonyl (C=O) groups excluding carboxylic acids is 1. The molecule has 0 atom stereocenters. The van der Waals surface area contributed by atoms with Crippen molar-refractivity contribution in [2.45, 2.75) is 31.7 Å². The molecule has 9 heteroatoms. The first kappa shape index (κ1) is 22.5. The van der Waals surface area contributed by atoms with E-state index in [1.54, 1.807) is 18.2 Å². The van der Waals surface area contributed by atoms with E-state index in [-0.39, 0.29) is 18.3 Å². The van der Waals surface area contributed by atoms with Gasteiger partial charge < -0.3 is 14.6 Å². The van der Waals surface area contributed by atoms with Crippen molar-refractivity contribution in [1.82, 2.24) is 20.1 Å². The number of benzene rings is 2. The Morgan fingerprint density at radius 3 is 2.73 bits per heavy atom. The molecule has 0 aliphatic rings. The lowest BCUT2D eigenvalue weighted by Gasteiger charge is -2.10. The third-order valence-corrected chi connectivity index (χ3v) is 5.78. The number of hydrogen-bond donors (Lipinski definition) is 1. The maximum absolute atomic E-state index is 12.2. The van der Waals surface area contributed by atoms with E-state index in [0.29, 0.717) is 39.9 Å². The molecule has 0 saturated carbocycles. The Balaban J connectivity index is 1.50. The van der Waals surface area contributed by atoms with E-state index in [9.17, 15) is 4.79 Å². The molecule has 1 aromatic heterocycles. The molecule has 1 amide bonds. The molecule has 0 bridgehead atoms. The maximum atomic E-state index is 12.2. The summed E-state index contributed by atoms with van der Waals surface area (Å²) in [4.78, 5) is 12.2. The monoisotopic (exact) mass is 464 g/mol. The molecule has 30 heavy (non-hydrogen) atoms. The number of thioether (sulfide) groups is 1. The first-order valence-electron chi connectivity index (χ1n) is 9.50. The van der Waals surface area contributed by atoms with Crippen LogP contribution in [-0.4, -0.2) is 33.0 Å². The number of carbonyl (C=O) groups is 1. The molecule has 0 aliphatic carbocycles. The van der Waals surface area contributed by atoms with Crippen LogP contribution in [0.1, 0.15) is 18.3 Å². The minimum absolute atomic E-state index is 0.0370. The summed E-state index contributed by atoms with van der Waals surface area (Å²) < 4.78 is 7.67. The lowest BCUT2D eigenvalue weighted by atomic mass is 10.1. The molecule has 0 aliphatic heterocycles. The van der Waals surface area contributed by atoms with Gasteiger partial charge >= 0.3 is 0 Å². The molecular weight excluding hydrogens is 443 g/mol. The van der Waals surface area contributed by atoms with E-state index in [1.807, 2.05) is 41.8 Å². The van der Waals surface area contributed by atoms with Crippen molar-refractivity contribution in [3.8, 4) is 5.75 Å². The summed E-state index contributed by atoms with van der Waals surface area (Å²) in [5, 5.41) is 13.0. The zero-order valence-corrected chi connectivity index (χ0v) is 18.8. The predicted molar refractivity (Wildman–Crippen MR) is 120 cm³/mol. The highest BCUT2D eigenvalue weighted by Crippen LogP contribution is 2.28. The van der Waals surface area contributed by atoms with Crippen LogP contribution in [0.25, 0.3) is 0 Å². The molecule has 3 aromatic rings. The Kier molecular flexibility index (Phi) is 8.42. The molecule has 6 nitrogen and oxygen atoms in total. The first-order valence-corrected chi connectivity index (χ1v) is 11.2. The molecule has 2 aromatic carbocycles. The van der Waals surface area contributed by atoms with E-state index in [2.05, 4.69) is 15.5 Å². The minimum atomic E-state index is -0.0370. The van der Waals surface area contributed by atoms with Gasteiger partial charge in [-0.3, -0.25) is 4.79 Å². The van der Waals surface area contributed by atoms with Crippen molar-refractivity contribution in [2.75, 3.05) is 12.3 Å². The second-order valence-corrected chi connectivity index (χ2v) is 8.17. The fourth-order valence-electron chi connectivity index (χ4n) is 2.75. The number of aromatic nitrogens is 3. The number of nitrogens with one attached hydrogen (secondary N) is 1. The van der Waals surface area contributed by atoms with Crippen LogP contribution < -0.4 is 10.1 Å². The number of rotatable bonds is 10. The Bertz CT molecular complexity index is 982. The van der Waals surface area contributed by atoms with Crippen LogP contribution in [0.15, 0.2) is 53.7 Å². The number of hydrogen-bond acceptors (Lipinski definition) is 5. The quantitative estimate of drug-likeness (QED) is 0.442. The summed E-state index contributed by atoms with van der Waals surface area (Å²) >= 11 is 13.5. The zero-order valence-electron chi connectivity index (χ0n) is 16.5. The Labute approximate surface area is 189 Å². The Morgan fingerprint density at radius 2 is 1.97 bits per heavy atom. The zero-order chi connectivity index (χ0) is 21.3. The molecular formula is C21H22Cl2N4O2S. The third-order valence-electron chi connectivity index (χ3n) is 4.27. The minimum Gasteiger partial charge on any atom is -0.484 e. The molecule has 1 heterocycles. The summed E-state index contributed by atoms with van der Waals surface area (Å²) in [5.41, 5.74) is 1.20. The molecule has 0 radical (unpaired) electrons. The van der Waals surface area contributed by atoms with Gasteiger partial charge in [0.25, 0.3) is 0 Å². The van der Waals surface area contributed by atoms with Crippen molar-refractivity contribution in [2.24, 2.45) is 0 Å². The average Bonchev–Trinajstić information content (AvgIpc) is 3.15. The lowest BCUT2D eigenvalue weighted by Crippen LogP contribution is -2.27. The average molecular weight is 465 g/mol. The number of nitrogens with zero attached hydrogens (tertiary/aromatic N) is 3. The van der Waals surface area contributed by atoms with Gasteiger partial charge in [-0.25, -0.2) is 0 Å². The van der Waals surface area contributed by atoms with Gasteiger partial charge in [0, 0.05) is 24.2 Å². The largest absolute Gasteiger partial charge is 0.484 e. The van der Waals surface area contributed by atoms with Gasteiger partial charge in [0.15, 0.2) is 11.0 Å². The molecule has 0 fully saturated rings. The van der Waals surface area contributed by atoms with Crippen molar-refractivity contribution in [1.29, 1.82) is 0 Å². The fourth-order valence-corrected chi connectivity index (χ4v) is 3.94. The van der Waals surface area contributed by atoms with Gasteiger partial charge in [0.1, 0.15) is 12.4 Å². The summed E-state index contributed by atoms with van der Waals surface area (Å²) in [6, 6.07) is 15.1. The summed E-state index contributed by atoms with van der Waals surface area (Å²) in [7, 11) is 0. The maximum Gasteiger partial charge on any atom is 0.230 e. The van der Waals surface area contributed by atoms with E-state index < -0.39 is 0 Å². The molecule has 0 spiro atoms. The van der Waals surface area contributed by atoms with Crippen molar-refractivity contribution in [3.63, 3.8) is 0 Å². The normalized spacial score (nSPS) is 10.8. The van der Waals surface area contributed by atoms with Crippen LogP contribution in [0.5, 0.6) is 5.75 Å². The Morgan fingerprint density at radius 1 is 1.17 bits per heavy atom. The van der Waals surface area contributed by atoms with E-state index in [1.165, 1.54) is 17.3 Å². The van der Waals surface area contributed by atoms with Crippen molar-refractivity contribution < 1.29 is 9.53 Å². The van der Waals surface area contributed by atoms with Gasteiger partial charge in [-0.15, -0.1) is 10.2 Å². The Hall–Kier alpha value is -2.22. The smallest absolute Gasteiger partial charge is 0.230 e. The molecule has 3 rings (SSSR count). The van der Waals surface area contributed by atoms with Crippen LogP contribution in [0.4, 0.5) is 0 Å². The van der Waals surface area contributed by atoms with Crippen molar-refractivity contribution >= 4 is 40.9 Å². The summed E-state index contributed by atoms with van der Waals surface area (Å²) in [5.74, 6) is 1.38. The third kappa shape index (κ3) is 6.39. The van der Waals surface area contributed by atoms with Gasteiger partial charge in [-0.05, 0) is 31.0 Å². The van der Waals surface area contributed by atoms with Gasteiger partial charge in [0.2, 0.25) is 5.91 Å². The van der Waals surface area contributed by atoms with Gasteiger partial charge in [-0.2, -0.15) is 0 Å². The molecule has 0 unspecified atom stereocenters. The van der Waals surface area contributed by atoms with E-state index in [4.69, 9.17) is 27.9 Å². The van der Waals surface area contributed by atoms with E-state index >= 15 is 0 Å². The van der Waals surface area contributed by atoms with Crippen LogP contribution in [0.2, 0.25) is 10.0 Å². The van der Waals surface area contributed by atoms with Gasteiger partial charge in [0.05, 0.1) is 10.8 Å². The fraction of sp³-hybridized carbons (Fsp3) is 0.286. The molecule has 158 valence electrons. The van der Waals surface area contributed by atoms with Crippen LogP contribution in [-0.2, 0) is 24.4 Å².